The minimum atomic E-state index is -0.0965. The van der Waals surface area contributed by atoms with Crippen molar-refractivity contribution in [1.29, 1.82) is 0 Å². The summed E-state index contributed by atoms with van der Waals surface area (Å²) < 4.78 is 0. The minimum Gasteiger partial charge on any atom is -0.342 e. The molecule has 0 unspecified atom stereocenters. The van der Waals surface area contributed by atoms with Crippen molar-refractivity contribution in [3.8, 4) is 0 Å². The SMILES string of the molecule is CC(=O)N1CCC[C@H](C(=O)Cc2cc(Cl)cc(CN3CCN(C(=O)C4CCCC4)[C@@H](C)C3)c2C)C1. The Balaban J connectivity index is 1.38. The molecule has 7 heteroatoms. The van der Waals surface area contributed by atoms with Crippen LogP contribution in [0.2, 0.25) is 5.02 Å². The summed E-state index contributed by atoms with van der Waals surface area (Å²) in [7, 11) is 0. The van der Waals surface area contributed by atoms with E-state index in [0.717, 1.165) is 75.1 Å². The first-order valence-electron chi connectivity index (χ1n) is 13.3. The van der Waals surface area contributed by atoms with Crippen molar-refractivity contribution in [3.63, 3.8) is 0 Å². The van der Waals surface area contributed by atoms with Gasteiger partial charge in [0.05, 0.1) is 0 Å². The molecule has 192 valence electrons. The monoisotopic (exact) mass is 501 g/mol. The van der Waals surface area contributed by atoms with E-state index in [1.807, 2.05) is 12.1 Å². The zero-order valence-electron chi connectivity index (χ0n) is 21.5. The van der Waals surface area contributed by atoms with E-state index >= 15 is 0 Å². The number of carbonyl (C=O) groups is 3. The molecule has 0 bridgehead atoms. The lowest BCUT2D eigenvalue weighted by Gasteiger charge is -2.41. The Hall–Kier alpha value is -1.92. The van der Waals surface area contributed by atoms with E-state index < -0.39 is 0 Å². The molecule has 0 radical (unpaired) electrons. The Labute approximate surface area is 215 Å². The normalized spacial score (nSPS) is 24.1. The van der Waals surface area contributed by atoms with Gasteiger partial charge in [-0.05, 0) is 68.4 Å². The highest BCUT2D eigenvalue weighted by molar-refractivity contribution is 6.30. The number of rotatable bonds is 6. The van der Waals surface area contributed by atoms with Crippen LogP contribution in [0.15, 0.2) is 12.1 Å². The predicted octanol–water partition coefficient (Wildman–Crippen LogP) is 4.24. The van der Waals surface area contributed by atoms with Gasteiger partial charge in [-0.1, -0.05) is 24.4 Å². The number of hydrogen-bond acceptors (Lipinski definition) is 4. The van der Waals surface area contributed by atoms with Crippen LogP contribution >= 0.6 is 11.6 Å². The van der Waals surface area contributed by atoms with Crippen molar-refractivity contribution < 1.29 is 14.4 Å². The minimum absolute atomic E-state index is 0.0444. The first-order valence-corrected chi connectivity index (χ1v) is 13.7. The summed E-state index contributed by atoms with van der Waals surface area (Å²) in [6, 6.07) is 4.14. The highest BCUT2D eigenvalue weighted by atomic mass is 35.5. The Morgan fingerprint density at radius 2 is 1.63 bits per heavy atom. The lowest BCUT2D eigenvalue weighted by molar-refractivity contribution is -0.140. The molecule has 6 nitrogen and oxygen atoms in total. The predicted molar refractivity (Wildman–Crippen MR) is 138 cm³/mol. The smallest absolute Gasteiger partial charge is 0.226 e. The van der Waals surface area contributed by atoms with Gasteiger partial charge in [-0.2, -0.15) is 0 Å². The topological polar surface area (TPSA) is 60.9 Å². The molecular weight excluding hydrogens is 462 g/mol. The maximum Gasteiger partial charge on any atom is 0.226 e. The number of piperazine rings is 1. The second-order valence-corrected chi connectivity index (χ2v) is 11.3. The van der Waals surface area contributed by atoms with Crippen LogP contribution in [-0.2, 0) is 27.3 Å². The second kappa shape index (κ2) is 11.4. The highest BCUT2D eigenvalue weighted by Gasteiger charge is 2.33. The number of ketones is 1. The van der Waals surface area contributed by atoms with Gasteiger partial charge >= 0.3 is 0 Å². The second-order valence-electron chi connectivity index (χ2n) is 10.9. The Morgan fingerprint density at radius 3 is 2.31 bits per heavy atom. The number of nitrogens with zero attached hydrogens (tertiary/aromatic N) is 3. The maximum atomic E-state index is 13.1. The quantitative estimate of drug-likeness (QED) is 0.585. The van der Waals surface area contributed by atoms with Gasteiger partial charge in [0.2, 0.25) is 11.8 Å². The molecule has 0 spiro atoms. The van der Waals surface area contributed by atoms with Crippen molar-refractivity contribution in [2.75, 3.05) is 32.7 Å². The van der Waals surface area contributed by atoms with E-state index in [1.54, 1.807) is 11.8 Å². The third-order valence-electron chi connectivity index (χ3n) is 8.37. The van der Waals surface area contributed by atoms with E-state index in [1.165, 1.54) is 12.8 Å². The third-order valence-corrected chi connectivity index (χ3v) is 8.59. The molecule has 1 saturated carbocycles. The zero-order chi connectivity index (χ0) is 25.1. The average Bonchev–Trinajstić information content (AvgIpc) is 3.37. The van der Waals surface area contributed by atoms with Gasteiger partial charge < -0.3 is 9.80 Å². The van der Waals surface area contributed by atoms with Gasteiger partial charge in [-0.25, -0.2) is 0 Å². The molecule has 0 N–H and O–H groups in total. The fourth-order valence-electron chi connectivity index (χ4n) is 6.16. The van der Waals surface area contributed by atoms with Crippen LogP contribution in [0.25, 0.3) is 0 Å². The standard InChI is InChI=1S/C28H40ClN3O3/c1-19-16-30(11-12-32(19)28(35)22-7-4-5-8-22)17-25-14-26(29)13-24(20(25)2)15-27(34)23-9-6-10-31(18-23)21(3)33/h13-14,19,22-23H,4-12,15-18H2,1-3H3/t19-,23-/m0/s1. The van der Waals surface area contributed by atoms with E-state index in [-0.39, 0.29) is 29.6 Å². The van der Waals surface area contributed by atoms with Crippen LogP contribution in [-0.4, -0.2) is 71.1 Å². The van der Waals surface area contributed by atoms with Crippen LogP contribution in [0.4, 0.5) is 0 Å². The van der Waals surface area contributed by atoms with Crippen molar-refractivity contribution >= 4 is 29.2 Å². The molecule has 2 amide bonds. The number of carbonyl (C=O) groups excluding carboxylic acids is 3. The van der Waals surface area contributed by atoms with E-state index in [2.05, 4.69) is 23.6 Å². The number of halogens is 1. The summed E-state index contributed by atoms with van der Waals surface area (Å²) >= 11 is 6.50. The van der Waals surface area contributed by atoms with Crippen molar-refractivity contribution in [2.24, 2.45) is 11.8 Å². The van der Waals surface area contributed by atoms with Gasteiger partial charge in [-0.15, -0.1) is 0 Å². The molecule has 1 aliphatic carbocycles. The molecule has 3 aliphatic rings. The van der Waals surface area contributed by atoms with Crippen molar-refractivity contribution in [3.05, 3.63) is 33.8 Å². The summed E-state index contributed by atoms with van der Waals surface area (Å²) in [4.78, 5) is 44.1. The van der Waals surface area contributed by atoms with Crippen LogP contribution in [0.1, 0.15) is 69.1 Å². The average molecular weight is 502 g/mol. The first kappa shape index (κ1) is 26.2. The summed E-state index contributed by atoms with van der Waals surface area (Å²) in [5, 5.41) is 0.658. The number of hydrogen-bond donors (Lipinski definition) is 0. The highest BCUT2D eigenvalue weighted by Crippen LogP contribution is 2.29. The fourth-order valence-corrected chi connectivity index (χ4v) is 6.42. The summed E-state index contributed by atoms with van der Waals surface area (Å²) in [6.07, 6.45) is 6.53. The molecule has 2 atom stereocenters. The third kappa shape index (κ3) is 6.26. The molecular formula is C28H40ClN3O3. The number of piperidine rings is 1. The Bertz CT molecular complexity index is 959. The molecule has 2 saturated heterocycles. The van der Waals surface area contributed by atoms with E-state index in [4.69, 9.17) is 11.6 Å². The zero-order valence-corrected chi connectivity index (χ0v) is 22.3. The van der Waals surface area contributed by atoms with Gasteiger partial charge in [0.1, 0.15) is 5.78 Å². The van der Waals surface area contributed by atoms with Crippen LogP contribution in [0, 0.1) is 18.8 Å². The maximum absolute atomic E-state index is 13.1. The molecule has 2 heterocycles. The first-order chi connectivity index (χ1) is 16.7. The lowest BCUT2D eigenvalue weighted by atomic mass is 9.88. The molecule has 35 heavy (non-hydrogen) atoms. The molecule has 2 aliphatic heterocycles. The van der Waals surface area contributed by atoms with Gasteiger partial charge in [0.25, 0.3) is 0 Å². The summed E-state index contributed by atoms with van der Waals surface area (Å²) in [5.41, 5.74) is 3.26. The fraction of sp³-hybridized carbons (Fsp3) is 0.679. The van der Waals surface area contributed by atoms with E-state index in [9.17, 15) is 14.4 Å². The molecule has 4 rings (SSSR count). The lowest BCUT2D eigenvalue weighted by Crippen LogP contribution is -2.54. The van der Waals surface area contributed by atoms with Crippen LogP contribution in [0.5, 0.6) is 0 Å². The molecule has 3 fully saturated rings. The van der Waals surface area contributed by atoms with Crippen LogP contribution in [0.3, 0.4) is 0 Å². The largest absolute Gasteiger partial charge is 0.342 e. The van der Waals surface area contributed by atoms with Gasteiger partial charge in [0, 0.05) is 75.5 Å². The number of benzene rings is 1. The van der Waals surface area contributed by atoms with Gasteiger partial charge in [-0.3, -0.25) is 19.3 Å². The summed E-state index contributed by atoms with van der Waals surface area (Å²) in [5.74, 6) is 0.718. The number of amides is 2. The molecule has 0 aromatic heterocycles. The van der Waals surface area contributed by atoms with E-state index in [0.29, 0.717) is 23.9 Å². The van der Waals surface area contributed by atoms with Crippen molar-refractivity contribution in [1.82, 2.24) is 14.7 Å². The Morgan fingerprint density at radius 1 is 0.943 bits per heavy atom. The van der Waals surface area contributed by atoms with Crippen molar-refractivity contribution in [2.45, 2.75) is 78.3 Å². The van der Waals surface area contributed by atoms with Crippen LogP contribution < -0.4 is 0 Å². The Kier molecular flexibility index (Phi) is 8.54. The molecule has 1 aromatic carbocycles. The number of likely N-dealkylation sites (tertiary alicyclic amines) is 1. The van der Waals surface area contributed by atoms with Gasteiger partial charge in [0.15, 0.2) is 0 Å². The number of Topliss-reactive ketones (excluding diaryl/α,β-unsaturated/α-hetero) is 1. The molecule has 1 aromatic rings. The summed E-state index contributed by atoms with van der Waals surface area (Å²) in [6.45, 7) is 10.3.